The Labute approximate surface area is 154 Å². The van der Waals surface area contributed by atoms with Crippen LogP contribution in [0.25, 0.3) is 0 Å². The molecule has 25 heavy (non-hydrogen) atoms. The molecular formula is C20H27N3OS. The monoisotopic (exact) mass is 357 g/mol. The normalized spacial score (nSPS) is 18.2. The van der Waals surface area contributed by atoms with Gasteiger partial charge in [-0.2, -0.15) is 0 Å². The number of carbonyl (C=O) groups is 1. The van der Waals surface area contributed by atoms with Crippen LogP contribution in [-0.4, -0.2) is 53.4 Å². The van der Waals surface area contributed by atoms with Gasteiger partial charge in [0.1, 0.15) is 5.69 Å². The van der Waals surface area contributed by atoms with Crippen LogP contribution in [0.1, 0.15) is 40.3 Å². The van der Waals surface area contributed by atoms with Crippen LogP contribution in [0.2, 0.25) is 0 Å². The Bertz CT molecular complexity index is 685. The van der Waals surface area contributed by atoms with Gasteiger partial charge >= 0.3 is 0 Å². The molecule has 2 heterocycles. The Kier molecular flexibility index (Phi) is 6.21. The Balaban J connectivity index is 1.49. The maximum atomic E-state index is 12.6. The van der Waals surface area contributed by atoms with Crippen molar-refractivity contribution < 1.29 is 4.79 Å². The molecule has 0 spiro atoms. The number of carbonyl (C=O) groups excluding carboxylic acids is 1. The van der Waals surface area contributed by atoms with Crippen molar-refractivity contribution in [3.63, 3.8) is 0 Å². The van der Waals surface area contributed by atoms with Gasteiger partial charge in [0, 0.05) is 25.0 Å². The maximum Gasteiger partial charge on any atom is 0.273 e. The zero-order valence-electron chi connectivity index (χ0n) is 15.1. The summed E-state index contributed by atoms with van der Waals surface area (Å²) in [6, 6.07) is 11.0. The van der Waals surface area contributed by atoms with E-state index in [-0.39, 0.29) is 5.91 Å². The smallest absolute Gasteiger partial charge is 0.273 e. The zero-order valence-corrected chi connectivity index (χ0v) is 16.0. The molecule has 0 bridgehead atoms. The van der Waals surface area contributed by atoms with E-state index in [1.807, 2.05) is 24.3 Å². The van der Waals surface area contributed by atoms with Crippen LogP contribution in [0.5, 0.6) is 0 Å². The number of piperidine rings is 1. The van der Waals surface area contributed by atoms with Crippen molar-refractivity contribution in [1.82, 2.24) is 14.8 Å². The second kappa shape index (κ2) is 8.59. The molecule has 1 aliphatic heterocycles. The minimum atomic E-state index is 0.0560. The summed E-state index contributed by atoms with van der Waals surface area (Å²) in [7, 11) is 1.93. The Morgan fingerprint density at radius 3 is 2.88 bits per heavy atom. The number of benzene rings is 1. The van der Waals surface area contributed by atoms with Gasteiger partial charge in [-0.15, -0.1) is 11.3 Å². The van der Waals surface area contributed by atoms with E-state index in [9.17, 15) is 4.79 Å². The molecular weight excluding hydrogens is 330 g/mol. The lowest BCUT2D eigenvalue weighted by atomic mass is 10.0. The summed E-state index contributed by atoms with van der Waals surface area (Å²) in [5, 5.41) is 2.82. The highest BCUT2D eigenvalue weighted by molar-refractivity contribution is 7.09. The van der Waals surface area contributed by atoms with Crippen molar-refractivity contribution in [2.45, 2.75) is 38.6 Å². The predicted octanol–water partition coefficient (Wildman–Crippen LogP) is 3.62. The van der Waals surface area contributed by atoms with Crippen molar-refractivity contribution in [3.8, 4) is 0 Å². The lowest BCUT2D eigenvalue weighted by Crippen LogP contribution is -2.48. The first-order valence-corrected chi connectivity index (χ1v) is 9.97. The molecule has 0 aliphatic carbocycles. The van der Waals surface area contributed by atoms with Crippen molar-refractivity contribution in [1.29, 1.82) is 0 Å². The van der Waals surface area contributed by atoms with E-state index >= 15 is 0 Å². The van der Waals surface area contributed by atoms with Gasteiger partial charge in [0.05, 0.1) is 5.01 Å². The quantitative estimate of drug-likeness (QED) is 0.792. The summed E-state index contributed by atoms with van der Waals surface area (Å²) in [5.41, 5.74) is 1.99. The molecule has 1 aromatic heterocycles. The average Bonchev–Trinajstić information content (AvgIpc) is 3.08. The second-order valence-corrected chi connectivity index (χ2v) is 7.92. The third kappa shape index (κ3) is 4.89. The van der Waals surface area contributed by atoms with E-state index < -0.39 is 0 Å². The number of hydrogen-bond donors (Lipinski definition) is 0. The zero-order chi connectivity index (χ0) is 17.6. The third-order valence-corrected chi connectivity index (χ3v) is 5.74. The number of hydrogen-bond acceptors (Lipinski definition) is 4. The Hall–Kier alpha value is -1.72. The molecule has 1 fully saturated rings. The SMILES string of the molecule is Cc1nc(C(=O)N(C)[C@@H]2CCCN(CCCc3ccccc3)C2)cs1. The molecule has 1 aromatic carbocycles. The molecule has 0 unspecified atom stereocenters. The fourth-order valence-electron chi connectivity index (χ4n) is 3.51. The minimum absolute atomic E-state index is 0.0560. The molecule has 1 atom stereocenters. The van der Waals surface area contributed by atoms with Gasteiger partial charge in [-0.3, -0.25) is 4.79 Å². The summed E-state index contributed by atoms with van der Waals surface area (Å²) >= 11 is 1.54. The lowest BCUT2D eigenvalue weighted by Gasteiger charge is -2.37. The first kappa shape index (κ1) is 18.1. The molecule has 4 nitrogen and oxygen atoms in total. The van der Waals surface area contributed by atoms with Gasteiger partial charge in [0.25, 0.3) is 5.91 Å². The van der Waals surface area contributed by atoms with Crippen molar-refractivity contribution in [2.24, 2.45) is 0 Å². The van der Waals surface area contributed by atoms with E-state index in [0.29, 0.717) is 11.7 Å². The highest BCUT2D eigenvalue weighted by atomic mass is 32.1. The van der Waals surface area contributed by atoms with Gasteiger partial charge in [-0.25, -0.2) is 4.98 Å². The number of amides is 1. The molecule has 0 N–H and O–H groups in total. The number of aromatic nitrogens is 1. The lowest BCUT2D eigenvalue weighted by molar-refractivity contribution is 0.0612. The minimum Gasteiger partial charge on any atom is -0.336 e. The van der Waals surface area contributed by atoms with Gasteiger partial charge < -0.3 is 9.80 Å². The molecule has 1 aliphatic rings. The topological polar surface area (TPSA) is 36.4 Å². The molecule has 0 radical (unpaired) electrons. The van der Waals surface area contributed by atoms with E-state index in [4.69, 9.17) is 0 Å². The summed E-state index contributed by atoms with van der Waals surface area (Å²) in [6.45, 7) is 5.16. The first-order chi connectivity index (χ1) is 12.1. The van der Waals surface area contributed by atoms with Crippen LogP contribution in [0.3, 0.4) is 0 Å². The summed E-state index contributed by atoms with van der Waals surface area (Å²) in [4.78, 5) is 21.4. The summed E-state index contributed by atoms with van der Waals surface area (Å²) < 4.78 is 0. The number of aryl methyl sites for hydroxylation is 2. The van der Waals surface area contributed by atoms with Gasteiger partial charge in [0.15, 0.2) is 0 Å². The Morgan fingerprint density at radius 2 is 2.16 bits per heavy atom. The van der Waals surface area contributed by atoms with Crippen LogP contribution in [0, 0.1) is 6.92 Å². The fourth-order valence-corrected chi connectivity index (χ4v) is 4.10. The third-order valence-electron chi connectivity index (χ3n) is 4.97. The van der Waals surface area contributed by atoms with E-state index in [1.165, 1.54) is 23.3 Å². The predicted molar refractivity (Wildman–Crippen MR) is 103 cm³/mol. The van der Waals surface area contributed by atoms with Crippen molar-refractivity contribution >= 4 is 17.2 Å². The number of rotatable bonds is 6. The molecule has 134 valence electrons. The molecule has 1 amide bonds. The largest absolute Gasteiger partial charge is 0.336 e. The van der Waals surface area contributed by atoms with Gasteiger partial charge in [0.2, 0.25) is 0 Å². The number of likely N-dealkylation sites (N-methyl/N-ethyl adjacent to an activating group) is 1. The van der Waals surface area contributed by atoms with Crippen LogP contribution < -0.4 is 0 Å². The Morgan fingerprint density at radius 1 is 1.36 bits per heavy atom. The highest BCUT2D eigenvalue weighted by Gasteiger charge is 2.27. The second-order valence-electron chi connectivity index (χ2n) is 6.85. The molecule has 1 saturated heterocycles. The van der Waals surface area contributed by atoms with Crippen molar-refractivity contribution in [2.75, 3.05) is 26.7 Å². The van der Waals surface area contributed by atoms with Crippen LogP contribution in [-0.2, 0) is 6.42 Å². The van der Waals surface area contributed by atoms with Crippen LogP contribution in [0.15, 0.2) is 35.7 Å². The average molecular weight is 358 g/mol. The summed E-state index contributed by atoms with van der Waals surface area (Å²) in [6.07, 6.45) is 4.53. The maximum absolute atomic E-state index is 12.6. The molecule has 0 saturated carbocycles. The van der Waals surface area contributed by atoms with E-state index in [0.717, 1.165) is 43.9 Å². The van der Waals surface area contributed by atoms with Gasteiger partial charge in [-0.05, 0) is 51.3 Å². The molecule has 3 rings (SSSR count). The molecule has 5 heteroatoms. The highest BCUT2D eigenvalue weighted by Crippen LogP contribution is 2.18. The number of likely N-dealkylation sites (tertiary alicyclic amines) is 1. The fraction of sp³-hybridized carbons (Fsp3) is 0.500. The van der Waals surface area contributed by atoms with Crippen LogP contribution >= 0.6 is 11.3 Å². The van der Waals surface area contributed by atoms with Gasteiger partial charge in [-0.1, -0.05) is 30.3 Å². The van der Waals surface area contributed by atoms with E-state index in [1.54, 1.807) is 0 Å². The standard InChI is InChI=1S/C20H27N3OS/c1-16-21-19(15-25-16)20(24)22(2)18-11-7-13-23(14-18)12-6-10-17-8-4-3-5-9-17/h3-5,8-9,15,18H,6-7,10-14H2,1-2H3/t18-/m1/s1. The van der Waals surface area contributed by atoms with E-state index in [2.05, 4.69) is 40.2 Å². The summed E-state index contributed by atoms with van der Waals surface area (Å²) in [5.74, 6) is 0.0560. The first-order valence-electron chi connectivity index (χ1n) is 9.09. The number of thiazole rings is 1. The van der Waals surface area contributed by atoms with Crippen molar-refractivity contribution in [3.05, 3.63) is 52.0 Å². The number of nitrogens with zero attached hydrogens (tertiary/aromatic N) is 3. The molecule has 2 aromatic rings. The van der Waals surface area contributed by atoms with Crippen LogP contribution in [0.4, 0.5) is 0 Å².